The van der Waals surface area contributed by atoms with Crippen molar-refractivity contribution in [1.29, 1.82) is 0 Å². The van der Waals surface area contributed by atoms with Crippen molar-refractivity contribution in [2.24, 2.45) is 0 Å². The molecule has 0 fully saturated rings. The molecule has 3 atom stereocenters. The fourth-order valence-electron chi connectivity index (χ4n) is 8.23. The third-order valence-electron chi connectivity index (χ3n) is 13.0. The predicted molar refractivity (Wildman–Crippen MR) is 343 cm³/mol. The van der Waals surface area contributed by atoms with Crippen molar-refractivity contribution in [3.8, 4) is 0 Å². The standard InChI is InChI=1S/C70H115O11P/c1-4-7-10-13-16-19-22-25-28-31-33-36-39-42-45-48-51-54-57-60-69(73)80-66(62-71)64-78-82(75,76)79-65-67(63-77-68(72)59-56-53-50-47-44-41-38-35-30-27-24-21-18-15-12-9-6-3)81-70(74)61-58-55-52-49-46-43-40-37-34-32-29-26-23-20-17-14-11-8-5-2/h8-9,11-12,16-21,25-30,34,37-38,41,43,46,66-67,71H,4-7,10,13-15,22-24,31-33,35-36,39-40,42,44-45,47-65H2,1-3H3,(H,75,76)/b11-8-,12-9-,19-16-,20-17-,21-18-,28-25-,29-26-,30-27-,37-34-,41-38-,46-43-. The molecule has 0 aromatic rings. The van der Waals surface area contributed by atoms with Crippen molar-refractivity contribution in [2.45, 2.75) is 264 Å². The average Bonchev–Trinajstić information content (AvgIpc) is 3.50. The van der Waals surface area contributed by atoms with E-state index in [-0.39, 0.29) is 25.9 Å². The maximum absolute atomic E-state index is 13.0. The number of rotatable bonds is 58. The zero-order chi connectivity index (χ0) is 59.8. The molecule has 0 radical (unpaired) electrons. The molecule has 82 heavy (non-hydrogen) atoms. The van der Waals surface area contributed by atoms with Crippen LogP contribution in [0.4, 0.5) is 0 Å². The summed E-state index contributed by atoms with van der Waals surface area (Å²) in [6, 6.07) is 0. The van der Waals surface area contributed by atoms with E-state index in [1.165, 1.54) is 57.8 Å². The van der Waals surface area contributed by atoms with Crippen LogP contribution in [0.25, 0.3) is 0 Å². The molecule has 0 amide bonds. The van der Waals surface area contributed by atoms with E-state index in [2.05, 4.69) is 154 Å². The Hall–Kier alpha value is -4.38. The molecule has 0 aliphatic heterocycles. The highest BCUT2D eigenvalue weighted by Gasteiger charge is 2.28. The zero-order valence-electron chi connectivity index (χ0n) is 51.7. The number of allylic oxidation sites excluding steroid dienone is 22. The number of hydrogen-bond acceptors (Lipinski definition) is 10. The molecule has 466 valence electrons. The largest absolute Gasteiger partial charge is 0.472 e. The Morgan fingerprint density at radius 2 is 0.634 bits per heavy atom. The summed E-state index contributed by atoms with van der Waals surface area (Å²) < 4.78 is 39.6. The summed E-state index contributed by atoms with van der Waals surface area (Å²) in [5.41, 5.74) is 0. The molecule has 0 aromatic carbocycles. The van der Waals surface area contributed by atoms with Gasteiger partial charge in [0.15, 0.2) is 6.10 Å². The van der Waals surface area contributed by atoms with Crippen molar-refractivity contribution >= 4 is 25.7 Å². The zero-order valence-corrected chi connectivity index (χ0v) is 52.6. The third kappa shape index (κ3) is 60.2. The fourth-order valence-corrected chi connectivity index (χ4v) is 9.01. The molecule has 0 aliphatic rings. The van der Waals surface area contributed by atoms with E-state index >= 15 is 0 Å². The minimum absolute atomic E-state index is 0.115. The lowest BCUT2D eigenvalue weighted by molar-refractivity contribution is -0.161. The van der Waals surface area contributed by atoms with Gasteiger partial charge in [0, 0.05) is 19.3 Å². The third-order valence-corrected chi connectivity index (χ3v) is 14.0. The Balaban J connectivity index is 4.79. The molecule has 11 nitrogen and oxygen atoms in total. The van der Waals surface area contributed by atoms with Crippen LogP contribution in [0.1, 0.15) is 252 Å². The van der Waals surface area contributed by atoms with E-state index in [0.29, 0.717) is 19.3 Å². The number of esters is 3. The molecule has 12 heteroatoms. The van der Waals surface area contributed by atoms with Crippen LogP contribution in [0.15, 0.2) is 134 Å². The van der Waals surface area contributed by atoms with Crippen LogP contribution in [0, 0.1) is 0 Å². The number of ether oxygens (including phenoxy) is 3. The Bertz CT molecular complexity index is 1890. The Morgan fingerprint density at radius 1 is 0.354 bits per heavy atom. The molecule has 0 spiro atoms. The number of aliphatic hydroxyl groups excluding tert-OH is 1. The van der Waals surface area contributed by atoms with E-state index < -0.39 is 57.8 Å². The van der Waals surface area contributed by atoms with Crippen LogP contribution in [-0.4, -0.2) is 66.5 Å². The van der Waals surface area contributed by atoms with Gasteiger partial charge in [-0.1, -0.05) is 231 Å². The molecule has 0 bridgehead atoms. The average molecular weight is 1160 g/mol. The number of aliphatic hydroxyl groups is 1. The highest BCUT2D eigenvalue weighted by molar-refractivity contribution is 7.47. The minimum Gasteiger partial charge on any atom is -0.462 e. The van der Waals surface area contributed by atoms with Gasteiger partial charge in [0.1, 0.15) is 12.7 Å². The molecule has 3 unspecified atom stereocenters. The fraction of sp³-hybridized carbons (Fsp3) is 0.643. The second-order valence-corrected chi connectivity index (χ2v) is 22.3. The molecular formula is C70H115O11P. The Labute approximate surface area is 500 Å². The molecule has 0 aliphatic carbocycles. The lowest BCUT2D eigenvalue weighted by Crippen LogP contribution is -2.30. The number of unbranched alkanes of at least 4 members (excludes halogenated alkanes) is 19. The second kappa shape index (κ2) is 62.7. The van der Waals surface area contributed by atoms with E-state index in [1.807, 2.05) is 0 Å². The lowest BCUT2D eigenvalue weighted by Gasteiger charge is -2.21. The topological polar surface area (TPSA) is 155 Å². The quantitative estimate of drug-likeness (QED) is 0.0197. The Kier molecular flexibility index (Phi) is 59.3. The van der Waals surface area contributed by atoms with Crippen molar-refractivity contribution in [3.63, 3.8) is 0 Å². The van der Waals surface area contributed by atoms with Gasteiger partial charge in [-0.3, -0.25) is 23.4 Å². The number of carbonyl (C=O) groups excluding carboxylic acids is 3. The Morgan fingerprint density at radius 3 is 0.988 bits per heavy atom. The predicted octanol–water partition coefficient (Wildman–Crippen LogP) is 19.7. The summed E-state index contributed by atoms with van der Waals surface area (Å²) in [6.45, 7) is 4.33. The van der Waals surface area contributed by atoms with E-state index in [4.69, 9.17) is 23.3 Å². The lowest BCUT2D eigenvalue weighted by atomic mass is 10.1. The number of carbonyl (C=O) groups is 3. The summed E-state index contributed by atoms with van der Waals surface area (Å²) in [6.07, 6.45) is 79.7. The van der Waals surface area contributed by atoms with Crippen molar-refractivity contribution < 1.29 is 52.2 Å². The number of hydrogen-bond donors (Lipinski definition) is 2. The van der Waals surface area contributed by atoms with Crippen LogP contribution in [0.3, 0.4) is 0 Å². The highest BCUT2D eigenvalue weighted by Crippen LogP contribution is 2.43. The maximum atomic E-state index is 13.0. The van der Waals surface area contributed by atoms with Crippen LogP contribution in [0.5, 0.6) is 0 Å². The van der Waals surface area contributed by atoms with Crippen LogP contribution in [0.2, 0.25) is 0 Å². The SMILES string of the molecule is CC/C=C\C/C=C\C/C=C\C/C=C\C/C=C\CCCCCC(=O)OC(COC(=O)CCCCCC/C=C\C/C=C\C/C=C\C/C=C\CC)COP(=O)(O)OCC(CO)OC(=O)CCCCCCCCCCC/C=C\C/C=C\CCCCC. The van der Waals surface area contributed by atoms with E-state index in [9.17, 15) is 28.9 Å². The van der Waals surface area contributed by atoms with Crippen LogP contribution in [-0.2, 0) is 42.2 Å². The van der Waals surface area contributed by atoms with Gasteiger partial charge in [0.2, 0.25) is 0 Å². The monoisotopic (exact) mass is 1160 g/mol. The smallest absolute Gasteiger partial charge is 0.462 e. The summed E-state index contributed by atoms with van der Waals surface area (Å²) in [5, 5.41) is 9.86. The molecule has 0 aromatic heterocycles. The van der Waals surface area contributed by atoms with Crippen LogP contribution < -0.4 is 0 Å². The van der Waals surface area contributed by atoms with Gasteiger partial charge < -0.3 is 24.2 Å². The maximum Gasteiger partial charge on any atom is 0.472 e. The summed E-state index contributed by atoms with van der Waals surface area (Å²) in [7, 11) is -4.78. The summed E-state index contributed by atoms with van der Waals surface area (Å²) in [4.78, 5) is 48.8. The molecule has 2 N–H and O–H groups in total. The molecule has 0 heterocycles. The normalized spacial score (nSPS) is 14.2. The van der Waals surface area contributed by atoms with Gasteiger partial charge in [-0.05, 0) is 135 Å². The number of phosphoric acid groups is 1. The number of phosphoric ester groups is 1. The highest BCUT2D eigenvalue weighted by atomic mass is 31.2. The van der Waals surface area contributed by atoms with Crippen molar-refractivity contribution in [1.82, 2.24) is 0 Å². The van der Waals surface area contributed by atoms with Gasteiger partial charge in [-0.15, -0.1) is 0 Å². The first-order valence-corrected chi connectivity index (χ1v) is 33.6. The molecule has 0 rings (SSSR count). The van der Waals surface area contributed by atoms with Gasteiger partial charge in [-0.2, -0.15) is 0 Å². The van der Waals surface area contributed by atoms with E-state index in [0.717, 1.165) is 135 Å². The van der Waals surface area contributed by atoms with Crippen molar-refractivity contribution in [2.75, 3.05) is 26.4 Å². The van der Waals surface area contributed by atoms with Crippen LogP contribution >= 0.6 is 7.82 Å². The second-order valence-electron chi connectivity index (χ2n) is 20.8. The van der Waals surface area contributed by atoms with Gasteiger partial charge in [0.05, 0.1) is 19.8 Å². The molecular weight excluding hydrogens is 1050 g/mol. The summed E-state index contributed by atoms with van der Waals surface area (Å²) in [5.74, 6) is -1.54. The van der Waals surface area contributed by atoms with E-state index in [1.54, 1.807) is 0 Å². The first kappa shape index (κ1) is 77.6. The molecule has 0 saturated carbocycles. The minimum atomic E-state index is -4.78. The van der Waals surface area contributed by atoms with Gasteiger partial charge >= 0.3 is 25.7 Å². The summed E-state index contributed by atoms with van der Waals surface area (Å²) >= 11 is 0. The van der Waals surface area contributed by atoms with Gasteiger partial charge in [-0.25, -0.2) is 4.57 Å². The first-order valence-electron chi connectivity index (χ1n) is 32.1. The van der Waals surface area contributed by atoms with Gasteiger partial charge in [0.25, 0.3) is 0 Å². The molecule has 0 saturated heterocycles. The van der Waals surface area contributed by atoms with Crippen molar-refractivity contribution in [3.05, 3.63) is 134 Å². The first-order chi connectivity index (χ1) is 40.2.